The highest BCUT2D eigenvalue weighted by Crippen LogP contribution is 2.34. The average molecular weight is 318 g/mol. The van der Waals surface area contributed by atoms with Crippen molar-refractivity contribution in [3.8, 4) is 11.5 Å². The minimum absolute atomic E-state index is 0.381. The second-order valence-electron chi connectivity index (χ2n) is 5.89. The van der Waals surface area contributed by atoms with E-state index in [1.165, 1.54) is 0 Å². The normalized spacial score (nSPS) is 21.5. The van der Waals surface area contributed by atoms with E-state index < -0.39 is 12.2 Å². The molecule has 0 saturated carbocycles. The molecule has 0 unspecified atom stereocenters. The molecule has 23 heavy (non-hydrogen) atoms. The molecule has 0 bridgehead atoms. The largest absolute Gasteiger partial charge is 0.493 e. The van der Waals surface area contributed by atoms with Gasteiger partial charge < -0.3 is 24.6 Å². The number of anilines is 1. The van der Waals surface area contributed by atoms with Gasteiger partial charge in [-0.2, -0.15) is 0 Å². The zero-order valence-electron chi connectivity index (χ0n) is 13.6. The zero-order valence-corrected chi connectivity index (χ0v) is 13.6. The summed E-state index contributed by atoms with van der Waals surface area (Å²) >= 11 is 0. The second kappa shape index (κ2) is 6.22. The van der Waals surface area contributed by atoms with Crippen molar-refractivity contribution >= 4 is 16.7 Å². The fourth-order valence-corrected chi connectivity index (χ4v) is 2.99. The van der Waals surface area contributed by atoms with Gasteiger partial charge in [-0.25, -0.2) is 4.98 Å². The Labute approximate surface area is 135 Å². The third-order valence-corrected chi connectivity index (χ3v) is 4.38. The van der Waals surface area contributed by atoms with Crippen LogP contribution in [0.4, 0.5) is 5.82 Å². The van der Waals surface area contributed by atoms with Gasteiger partial charge >= 0.3 is 0 Å². The molecular weight excluding hydrogens is 296 g/mol. The lowest BCUT2D eigenvalue weighted by atomic mass is 10.0. The van der Waals surface area contributed by atoms with Crippen LogP contribution in [0.1, 0.15) is 12.0 Å². The molecule has 2 atom stereocenters. The molecule has 2 N–H and O–H groups in total. The number of piperidine rings is 1. The molecule has 2 aromatic rings. The van der Waals surface area contributed by atoms with E-state index in [9.17, 15) is 10.2 Å². The summed E-state index contributed by atoms with van der Waals surface area (Å²) in [5.41, 5.74) is 1.89. The molecule has 0 aliphatic carbocycles. The number of aliphatic hydroxyl groups excluding tert-OH is 2. The van der Waals surface area contributed by atoms with E-state index in [4.69, 9.17) is 14.5 Å². The van der Waals surface area contributed by atoms with Crippen molar-refractivity contribution in [2.24, 2.45) is 0 Å². The van der Waals surface area contributed by atoms with Gasteiger partial charge in [-0.05, 0) is 31.0 Å². The van der Waals surface area contributed by atoms with Crippen molar-refractivity contribution in [3.63, 3.8) is 0 Å². The fraction of sp³-hybridized carbons (Fsp3) is 0.471. The van der Waals surface area contributed by atoms with Gasteiger partial charge in [0.05, 0.1) is 31.9 Å². The van der Waals surface area contributed by atoms with Crippen LogP contribution in [0.5, 0.6) is 11.5 Å². The van der Waals surface area contributed by atoms with Gasteiger partial charge in [-0.3, -0.25) is 0 Å². The number of ether oxygens (including phenoxy) is 2. The second-order valence-corrected chi connectivity index (χ2v) is 5.89. The maximum atomic E-state index is 9.89. The van der Waals surface area contributed by atoms with Crippen molar-refractivity contribution in [1.29, 1.82) is 0 Å². The van der Waals surface area contributed by atoms with Gasteiger partial charge in [0.25, 0.3) is 0 Å². The molecule has 1 aromatic carbocycles. The van der Waals surface area contributed by atoms with Crippen LogP contribution in [0.15, 0.2) is 18.2 Å². The highest BCUT2D eigenvalue weighted by Gasteiger charge is 2.27. The van der Waals surface area contributed by atoms with Crippen molar-refractivity contribution in [2.75, 3.05) is 32.2 Å². The van der Waals surface area contributed by atoms with E-state index in [0.717, 1.165) is 22.3 Å². The first kappa shape index (κ1) is 15.8. The number of methoxy groups -OCH3 is 2. The van der Waals surface area contributed by atoms with Crippen LogP contribution >= 0.6 is 0 Å². The lowest BCUT2D eigenvalue weighted by Crippen LogP contribution is -2.47. The average Bonchev–Trinajstić information content (AvgIpc) is 2.56. The first-order chi connectivity index (χ1) is 11.0. The number of aliphatic hydroxyl groups is 2. The third-order valence-electron chi connectivity index (χ3n) is 4.38. The number of hydrogen-bond acceptors (Lipinski definition) is 6. The summed E-state index contributed by atoms with van der Waals surface area (Å²) in [7, 11) is 3.21. The lowest BCUT2D eigenvalue weighted by molar-refractivity contribution is 0.00787. The first-order valence-corrected chi connectivity index (χ1v) is 7.68. The fourth-order valence-electron chi connectivity index (χ4n) is 2.99. The van der Waals surface area contributed by atoms with Gasteiger partial charge in [0.1, 0.15) is 5.82 Å². The van der Waals surface area contributed by atoms with Crippen LogP contribution < -0.4 is 14.4 Å². The molecule has 1 aliphatic rings. The van der Waals surface area contributed by atoms with Crippen LogP contribution in [-0.2, 0) is 0 Å². The van der Waals surface area contributed by atoms with Crippen LogP contribution in [0.25, 0.3) is 10.9 Å². The highest BCUT2D eigenvalue weighted by atomic mass is 16.5. The highest BCUT2D eigenvalue weighted by molar-refractivity contribution is 5.87. The SMILES string of the molecule is COc1cc2nc(N3CC[C@@H](O)[C@@H](O)C3)cc(C)c2cc1OC. The molecule has 1 aromatic heterocycles. The number of benzene rings is 1. The summed E-state index contributed by atoms with van der Waals surface area (Å²) < 4.78 is 10.7. The molecule has 124 valence electrons. The van der Waals surface area contributed by atoms with Crippen molar-refractivity contribution in [2.45, 2.75) is 25.6 Å². The lowest BCUT2D eigenvalue weighted by Gasteiger charge is -2.34. The van der Waals surface area contributed by atoms with Gasteiger partial charge in [0.15, 0.2) is 11.5 Å². The number of hydrogen-bond donors (Lipinski definition) is 2. The Morgan fingerprint density at radius 3 is 2.43 bits per heavy atom. The van der Waals surface area contributed by atoms with E-state index in [2.05, 4.69) is 0 Å². The van der Waals surface area contributed by atoms with E-state index >= 15 is 0 Å². The Hall–Kier alpha value is -2.05. The summed E-state index contributed by atoms with van der Waals surface area (Å²) in [6.45, 7) is 3.07. The number of β-amino-alcohol motifs (C(OH)–C–C–N with tert-alkyl or cyclic N) is 1. The number of aryl methyl sites for hydroxylation is 1. The predicted molar refractivity (Wildman–Crippen MR) is 88.4 cm³/mol. The molecule has 0 radical (unpaired) electrons. The Morgan fingerprint density at radius 2 is 1.78 bits per heavy atom. The van der Waals surface area contributed by atoms with Gasteiger partial charge in [-0.1, -0.05) is 0 Å². The van der Waals surface area contributed by atoms with E-state index in [1.54, 1.807) is 14.2 Å². The van der Waals surface area contributed by atoms with Crippen LogP contribution in [0.3, 0.4) is 0 Å². The summed E-state index contributed by atoms with van der Waals surface area (Å²) in [4.78, 5) is 6.70. The monoisotopic (exact) mass is 318 g/mol. The molecular formula is C17H22N2O4. The summed E-state index contributed by atoms with van der Waals surface area (Å²) in [5, 5.41) is 20.6. The Kier molecular flexibility index (Phi) is 4.28. The van der Waals surface area contributed by atoms with E-state index in [0.29, 0.717) is 31.0 Å². The molecule has 0 amide bonds. The van der Waals surface area contributed by atoms with Gasteiger partial charge in [0.2, 0.25) is 0 Å². The van der Waals surface area contributed by atoms with Gasteiger partial charge in [0, 0.05) is 24.5 Å². The van der Waals surface area contributed by atoms with Crippen molar-refractivity contribution in [3.05, 3.63) is 23.8 Å². The Balaban J connectivity index is 2.03. The molecule has 1 fully saturated rings. The molecule has 1 saturated heterocycles. The van der Waals surface area contributed by atoms with Crippen molar-refractivity contribution < 1.29 is 19.7 Å². The summed E-state index contributed by atoms with van der Waals surface area (Å²) in [5.74, 6) is 2.11. The smallest absolute Gasteiger partial charge is 0.162 e. The molecule has 1 aliphatic heterocycles. The number of rotatable bonds is 3. The molecule has 3 rings (SSSR count). The number of pyridine rings is 1. The van der Waals surface area contributed by atoms with Crippen LogP contribution in [0.2, 0.25) is 0 Å². The molecule has 6 heteroatoms. The maximum Gasteiger partial charge on any atom is 0.162 e. The summed E-state index contributed by atoms with van der Waals surface area (Å²) in [6.07, 6.45) is -0.865. The first-order valence-electron chi connectivity index (χ1n) is 7.68. The minimum atomic E-state index is -0.744. The minimum Gasteiger partial charge on any atom is -0.493 e. The third kappa shape index (κ3) is 2.92. The van der Waals surface area contributed by atoms with Crippen LogP contribution in [-0.4, -0.2) is 54.7 Å². The Bertz CT molecular complexity index is 719. The van der Waals surface area contributed by atoms with Crippen LogP contribution in [0, 0.1) is 6.92 Å². The number of fused-ring (bicyclic) bond motifs is 1. The number of nitrogens with zero attached hydrogens (tertiary/aromatic N) is 2. The quantitative estimate of drug-likeness (QED) is 0.893. The van der Waals surface area contributed by atoms with E-state index in [1.807, 2.05) is 30.0 Å². The van der Waals surface area contributed by atoms with E-state index in [-0.39, 0.29) is 0 Å². The molecule has 0 spiro atoms. The maximum absolute atomic E-state index is 9.89. The molecule has 2 heterocycles. The standard InChI is InChI=1S/C17H22N2O4/c1-10-6-17(19-5-4-13(20)14(21)9-19)18-12-8-16(23-3)15(22-2)7-11(10)12/h6-8,13-14,20-21H,4-5,9H2,1-3H3/t13-,14+/m1/s1. The Morgan fingerprint density at radius 1 is 1.09 bits per heavy atom. The zero-order chi connectivity index (χ0) is 16.6. The molecule has 6 nitrogen and oxygen atoms in total. The van der Waals surface area contributed by atoms with Gasteiger partial charge in [-0.15, -0.1) is 0 Å². The number of aromatic nitrogens is 1. The predicted octanol–water partition coefficient (Wildman–Crippen LogP) is 1.49. The topological polar surface area (TPSA) is 75.1 Å². The summed E-state index contributed by atoms with van der Waals surface area (Å²) in [6, 6.07) is 5.79. The van der Waals surface area contributed by atoms with Crippen molar-refractivity contribution in [1.82, 2.24) is 4.98 Å².